The molecule has 0 unspecified atom stereocenters. The smallest absolute Gasteiger partial charge is 0.241 e. The molecule has 1 aliphatic heterocycles. The highest BCUT2D eigenvalue weighted by Crippen LogP contribution is 2.31. The summed E-state index contributed by atoms with van der Waals surface area (Å²) in [6, 6.07) is 0. The van der Waals surface area contributed by atoms with E-state index >= 15 is 0 Å². The molecule has 1 fully saturated rings. The zero-order chi connectivity index (χ0) is 12.9. The summed E-state index contributed by atoms with van der Waals surface area (Å²) in [5, 5.41) is 5.23. The minimum Gasteiger partial charge on any atom is -0.302 e. The molecule has 0 atom stereocenters. The van der Waals surface area contributed by atoms with Gasteiger partial charge in [-0.15, -0.1) is 0 Å². The molecule has 0 aromatic carbocycles. The third-order valence-electron chi connectivity index (χ3n) is 3.38. The van der Waals surface area contributed by atoms with Crippen LogP contribution in [0.15, 0.2) is 0 Å². The summed E-state index contributed by atoms with van der Waals surface area (Å²) in [6.07, 6.45) is 5.35. The second kappa shape index (κ2) is 6.10. The summed E-state index contributed by atoms with van der Waals surface area (Å²) >= 11 is 4.80. The minimum absolute atomic E-state index is 0.123. The van der Waals surface area contributed by atoms with Crippen molar-refractivity contribution in [1.29, 1.82) is 0 Å². The van der Waals surface area contributed by atoms with E-state index in [9.17, 15) is 9.59 Å². The van der Waals surface area contributed by atoms with E-state index in [4.69, 9.17) is 12.2 Å². The number of thiocarbonyl (C=S) groups is 1. The molecule has 0 aliphatic carbocycles. The SMILES string of the molecule is CCCCCCC1(CC)C(=O)NC(=S)NC1=O. The van der Waals surface area contributed by atoms with Crippen molar-refractivity contribution in [1.82, 2.24) is 10.6 Å². The van der Waals surface area contributed by atoms with E-state index in [0.717, 1.165) is 25.7 Å². The quantitative estimate of drug-likeness (QED) is 0.433. The Balaban J connectivity index is 2.68. The van der Waals surface area contributed by atoms with Crippen molar-refractivity contribution in [2.75, 3.05) is 0 Å². The fourth-order valence-electron chi connectivity index (χ4n) is 2.16. The topological polar surface area (TPSA) is 58.2 Å². The Morgan fingerprint density at radius 1 is 1.06 bits per heavy atom. The Labute approximate surface area is 108 Å². The van der Waals surface area contributed by atoms with Gasteiger partial charge >= 0.3 is 0 Å². The van der Waals surface area contributed by atoms with Crippen LogP contribution in [0.2, 0.25) is 0 Å². The average molecular weight is 256 g/mol. The minimum atomic E-state index is -0.921. The first-order valence-corrected chi connectivity index (χ1v) is 6.64. The first-order valence-electron chi connectivity index (χ1n) is 6.23. The van der Waals surface area contributed by atoms with Crippen LogP contribution in [-0.2, 0) is 9.59 Å². The molecule has 0 spiro atoms. The highest BCUT2D eigenvalue weighted by Gasteiger charge is 2.47. The third kappa shape index (κ3) is 3.03. The molecular weight excluding hydrogens is 236 g/mol. The van der Waals surface area contributed by atoms with Crippen LogP contribution in [0.5, 0.6) is 0 Å². The fourth-order valence-corrected chi connectivity index (χ4v) is 2.34. The summed E-state index contributed by atoms with van der Waals surface area (Å²) in [5.41, 5.74) is -0.921. The van der Waals surface area contributed by atoms with Gasteiger partial charge in [-0.2, -0.15) is 0 Å². The van der Waals surface area contributed by atoms with Crippen molar-refractivity contribution in [3.63, 3.8) is 0 Å². The van der Waals surface area contributed by atoms with Gasteiger partial charge in [0, 0.05) is 0 Å². The summed E-state index contributed by atoms with van der Waals surface area (Å²) in [7, 11) is 0. The monoisotopic (exact) mass is 256 g/mol. The van der Waals surface area contributed by atoms with Crippen molar-refractivity contribution in [3.05, 3.63) is 0 Å². The van der Waals surface area contributed by atoms with Gasteiger partial charge in [-0.25, -0.2) is 0 Å². The van der Waals surface area contributed by atoms with Crippen molar-refractivity contribution in [2.24, 2.45) is 5.41 Å². The van der Waals surface area contributed by atoms with E-state index in [1.807, 2.05) is 6.92 Å². The van der Waals surface area contributed by atoms with Crippen molar-refractivity contribution < 1.29 is 9.59 Å². The van der Waals surface area contributed by atoms with Crippen LogP contribution in [-0.4, -0.2) is 16.9 Å². The molecule has 1 saturated heterocycles. The van der Waals surface area contributed by atoms with E-state index in [0.29, 0.717) is 12.8 Å². The summed E-state index contributed by atoms with van der Waals surface area (Å²) in [6.45, 7) is 4.00. The molecule has 1 heterocycles. The number of amides is 2. The van der Waals surface area contributed by atoms with Crippen molar-refractivity contribution in [2.45, 2.75) is 52.4 Å². The largest absolute Gasteiger partial charge is 0.302 e. The highest BCUT2D eigenvalue weighted by atomic mass is 32.1. The van der Waals surface area contributed by atoms with Gasteiger partial charge < -0.3 is 10.6 Å². The molecule has 0 aromatic rings. The van der Waals surface area contributed by atoms with Gasteiger partial charge in [0.1, 0.15) is 5.41 Å². The lowest BCUT2D eigenvalue weighted by Gasteiger charge is -2.34. The van der Waals surface area contributed by atoms with Gasteiger partial charge in [0.25, 0.3) is 0 Å². The molecule has 2 amide bonds. The van der Waals surface area contributed by atoms with Gasteiger partial charge in [0.05, 0.1) is 0 Å². The van der Waals surface area contributed by atoms with E-state index in [1.54, 1.807) is 0 Å². The number of rotatable bonds is 6. The molecule has 2 N–H and O–H groups in total. The number of carbonyl (C=O) groups is 2. The molecule has 0 bridgehead atoms. The van der Waals surface area contributed by atoms with Gasteiger partial charge in [-0.3, -0.25) is 9.59 Å². The Morgan fingerprint density at radius 3 is 2.12 bits per heavy atom. The number of nitrogens with one attached hydrogen (secondary N) is 2. The molecule has 1 rings (SSSR count). The number of hydrogen-bond donors (Lipinski definition) is 2. The zero-order valence-corrected chi connectivity index (χ0v) is 11.3. The van der Waals surface area contributed by atoms with Gasteiger partial charge in [0.2, 0.25) is 11.8 Å². The van der Waals surface area contributed by atoms with Crippen molar-refractivity contribution >= 4 is 29.1 Å². The molecule has 0 aromatic heterocycles. The maximum absolute atomic E-state index is 12.0. The standard InChI is InChI=1S/C12H20N2O2S/c1-3-5-6-7-8-12(4-2)9(15)13-11(17)14-10(12)16/h3-8H2,1-2H3,(H2,13,14,15,16,17). The van der Waals surface area contributed by atoms with Gasteiger partial charge in [-0.05, 0) is 25.1 Å². The third-order valence-corrected chi connectivity index (χ3v) is 3.59. The second-order valence-corrected chi connectivity index (χ2v) is 4.89. The normalized spacial score (nSPS) is 18.8. The van der Waals surface area contributed by atoms with Crippen molar-refractivity contribution in [3.8, 4) is 0 Å². The molecule has 17 heavy (non-hydrogen) atoms. The first-order chi connectivity index (χ1) is 8.06. The fraction of sp³-hybridized carbons (Fsp3) is 0.750. The first kappa shape index (κ1) is 14.1. The second-order valence-electron chi connectivity index (χ2n) is 4.48. The van der Waals surface area contributed by atoms with E-state index in [1.165, 1.54) is 0 Å². The summed E-state index contributed by atoms with van der Waals surface area (Å²) in [4.78, 5) is 23.9. The van der Waals surface area contributed by atoms with Crippen LogP contribution < -0.4 is 10.6 Å². The number of unbranched alkanes of at least 4 members (excludes halogenated alkanes) is 3. The Morgan fingerprint density at radius 2 is 1.65 bits per heavy atom. The molecular formula is C12H20N2O2S. The maximum Gasteiger partial charge on any atom is 0.241 e. The van der Waals surface area contributed by atoms with Crippen LogP contribution in [0, 0.1) is 5.41 Å². The molecule has 5 heteroatoms. The number of carbonyl (C=O) groups excluding carboxylic acids is 2. The van der Waals surface area contributed by atoms with Gasteiger partial charge in [0.15, 0.2) is 5.11 Å². The molecule has 4 nitrogen and oxygen atoms in total. The van der Waals surface area contributed by atoms with E-state index in [2.05, 4.69) is 17.6 Å². The average Bonchev–Trinajstić information content (AvgIpc) is 2.27. The highest BCUT2D eigenvalue weighted by molar-refractivity contribution is 7.80. The lowest BCUT2D eigenvalue weighted by Crippen LogP contribution is -2.62. The van der Waals surface area contributed by atoms with E-state index in [-0.39, 0.29) is 16.9 Å². The Hall–Kier alpha value is -0.970. The Bertz CT molecular complexity index is 308. The van der Waals surface area contributed by atoms with Crippen LogP contribution in [0.25, 0.3) is 0 Å². The predicted molar refractivity (Wildman–Crippen MR) is 70.4 cm³/mol. The molecule has 0 saturated carbocycles. The molecule has 1 aliphatic rings. The summed E-state index contributed by atoms with van der Waals surface area (Å²) in [5.74, 6) is -0.490. The maximum atomic E-state index is 12.0. The van der Waals surface area contributed by atoms with Gasteiger partial charge in [-0.1, -0.05) is 39.5 Å². The van der Waals surface area contributed by atoms with E-state index < -0.39 is 5.41 Å². The lowest BCUT2D eigenvalue weighted by atomic mass is 9.77. The summed E-state index contributed by atoms with van der Waals surface area (Å²) < 4.78 is 0. The predicted octanol–water partition coefficient (Wildman–Crippen LogP) is 1.88. The number of hydrogen-bond acceptors (Lipinski definition) is 3. The zero-order valence-electron chi connectivity index (χ0n) is 10.5. The Kier molecular flexibility index (Phi) is 5.05. The molecule has 96 valence electrons. The van der Waals surface area contributed by atoms with Crippen LogP contribution in [0.3, 0.4) is 0 Å². The lowest BCUT2D eigenvalue weighted by molar-refractivity contribution is -0.144. The molecule has 0 radical (unpaired) electrons. The van der Waals surface area contributed by atoms with Crippen LogP contribution >= 0.6 is 12.2 Å². The van der Waals surface area contributed by atoms with Crippen LogP contribution in [0.1, 0.15) is 52.4 Å². The van der Waals surface area contributed by atoms with Crippen LogP contribution in [0.4, 0.5) is 0 Å².